The van der Waals surface area contributed by atoms with E-state index in [9.17, 15) is 4.79 Å². The third-order valence-corrected chi connectivity index (χ3v) is 4.89. The number of nitrogens with one attached hydrogen (secondary N) is 1. The minimum absolute atomic E-state index is 0.0244. The molecule has 1 aromatic rings. The van der Waals surface area contributed by atoms with Crippen molar-refractivity contribution in [3.63, 3.8) is 0 Å². The molecule has 110 valence electrons. The third kappa shape index (κ3) is 4.83. The van der Waals surface area contributed by atoms with Crippen molar-refractivity contribution in [2.75, 3.05) is 6.54 Å². The molecule has 1 aliphatic carbocycles. The van der Waals surface area contributed by atoms with Gasteiger partial charge in [-0.2, -0.15) is 0 Å². The number of hydrogen-bond acceptors (Lipinski definition) is 1. The van der Waals surface area contributed by atoms with Gasteiger partial charge < -0.3 is 5.32 Å². The van der Waals surface area contributed by atoms with Crippen LogP contribution in [0.2, 0.25) is 10.0 Å². The third-order valence-electron chi connectivity index (χ3n) is 3.71. The number of rotatable bonds is 4. The summed E-state index contributed by atoms with van der Waals surface area (Å²) in [6.45, 7) is 0.740. The van der Waals surface area contributed by atoms with Crippen LogP contribution in [0, 0.1) is 5.92 Å². The lowest BCUT2D eigenvalue weighted by Crippen LogP contribution is -2.32. The number of alkyl halides is 1. The summed E-state index contributed by atoms with van der Waals surface area (Å²) >= 11 is 17.9. The summed E-state index contributed by atoms with van der Waals surface area (Å²) in [7, 11) is 0. The average molecular weight is 335 g/mol. The molecule has 0 heterocycles. The molecule has 0 spiro atoms. The van der Waals surface area contributed by atoms with E-state index in [0.717, 1.165) is 37.8 Å². The molecule has 0 atom stereocenters. The molecular formula is C15H18Cl3NO. The highest BCUT2D eigenvalue weighted by Gasteiger charge is 2.19. The Kier molecular flexibility index (Phi) is 6.01. The monoisotopic (exact) mass is 333 g/mol. The van der Waals surface area contributed by atoms with Gasteiger partial charge >= 0.3 is 0 Å². The smallest absolute Gasteiger partial charge is 0.224 e. The number of carbonyl (C=O) groups excluding carboxylic acids is 1. The Bertz CT molecular complexity index is 470. The standard InChI is InChI=1S/C15H18Cl3NO/c16-12-4-1-10(2-5-12)9-19-15(20)8-11-3-6-13(17)14(18)7-11/h3,6-7,10,12H,1-2,4-5,8-9H2,(H,19,20). The van der Waals surface area contributed by atoms with Crippen LogP contribution in [-0.2, 0) is 11.2 Å². The molecule has 5 heteroatoms. The van der Waals surface area contributed by atoms with Crippen LogP contribution in [0.1, 0.15) is 31.2 Å². The highest BCUT2D eigenvalue weighted by Crippen LogP contribution is 2.27. The van der Waals surface area contributed by atoms with Crippen LogP contribution in [-0.4, -0.2) is 17.8 Å². The van der Waals surface area contributed by atoms with Crippen molar-refractivity contribution in [2.24, 2.45) is 5.92 Å². The summed E-state index contributed by atoms with van der Waals surface area (Å²) in [4.78, 5) is 11.9. The number of hydrogen-bond donors (Lipinski definition) is 1. The molecule has 0 saturated heterocycles. The van der Waals surface area contributed by atoms with E-state index in [1.807, 2.05) is 6.07 Å². The molecule has 0 unspecified atom stereocenters. The fourth-order valence-corrected chi connectivity index (χ4v) is 3.05. The summed E-state index contributed by atoms with van der Waals surface area (Å²) in [6, 6.07) is 5.28. The van der Waals surface area contributed by atoms with Gasteiger partial charge in [0.1, 0.15) is 0 Å². The zero-order chi connectivity index (χ0) is 14.5. The van der Waals surface area contributed by atoms with E-state index >= 15 is 0 Å². The lowest BCUT2D eigenvalue weighted by Gasteiger charge is -2.25. The number of benzene rings is 1. The Hall–Kier alpha value is -0.440. The quantitative estimate of drug-likeness (QED) is 0.810. The zero-order valence-electron chi connectivity index (χ0n) is 11.2. The van der Waals surface area contributed by atoms with E-state index in [2.05, 4.69) is 5.32 Å². The predicted molar refractivity (Wildman–Crippen MR) is 84.8 cm³/mol. The van der Waals surface area contributed by atoms with Gasteiger partial charge in [-0.1, -0.05) is 29.3 Å². The number of amides is 1. The summed E-state index contributed by atoms with van der Waals surface area (Å²) in [5.74, 6) is 0.583. The summed E-state index contributed by atoms with van der Waals surface area (Å²) < 4.78 is 0. The van der Waals surface area contributed by atoms with E-state index in [1.54, 1.807) is 12.1 Å². The van der Waals surface area contributed by atoms with E-state index in [1.165, 1.54) is 0 Å². The minimum Gasteiger partial charge on any atom is -0.356 e. The Morgan fingerprint density at radius 1 is 1.15 bits per heavy atom. The first-order valence-corrected chi connectivity index (χ1v) is 8.08. The lowest BCUT2D eigenvalue weighted by molar-refractivity contribution is -0.120. The van der Waals surface area contributed by atoms with E-state index in [4.69, 9.17) is 34.8 Å². The van der Waals surface area contributed by atoms with Crippen LogP contribution in [0.5, 0.6) is 0 Å². The topological polar surface area (TPSA) is 29.1 Å². The fourth-order valence-electron chi connectivity index (χ4n) is 2.48. The molecule has 0 bridgehead atoms. The molecule has 0 radical (unpaired) electrons. The molecule has 1 aromatic carbocycles. The summed E-state index contributed by atoms with van der Waals surface area (Å²) in [5, 5.41) is 4.30. The van der Waals surface area contributed by atoms with Crippen LogP contribution in [0.3, 0.4) is 0 Å². The number of halogens is 3. The number of carbonyl (C=O) groups is 1. The highest BCUT2D eigenvalue weighted by atomic mass is 35.5. The fraction of sp³-hybridized carbons (Fsp3) is 0.533. The normalized spacial score (nSPS) is 22.6. The molecule has 0 aliphatic heterocycles. The van der Waals surface area contributed by atoms with Gasteiger partial charge in [-0.05, 0) is 49.3 Å². The Morgan fingerprint density at radius 2 is 1.85 bits per heavy atom. The van der Waals surface area contributed by atoms with E-state index in [-0.39, 0.29) is 5.91 Å². The zero-order valence-corrected chi connectivity index (χ0v) is 13.4. The molecule has 1 fully saturated rings. The van der Waals surface area contributed by atoms with Gasteiger partial charge in [0.25, 0.3) is 0 Å². The van der Waals surface area contributed by atoms with Gasteiger partial charge in [0.15, 0.2) is 0 Å². The van der Waals surface area contributed by atoms with Gasteiger partial charge in [-0.25, -0.2) is 0 Å². The second-order valence-electron chi connectivity index (χ2n) is 5.35. The molecule has 20 heavy (non-hydrogen) atoms. The van der Waals surface area contributed by atoms with Crippen molar-refractivity contribution in [1.82, 2.24) is 5.32 Å². The van der Waals surface area contributed by atoms with Gasteiger partial charge in [-0.3, -0.25) is 4.79 Å². The Balaban J connectivity index is 1.76. The predicted octanol–water partition coefficient (Wildman–Crippen LogP) is 4.45. The van der Waals surface area contributed by atoms with Crippen molar-refractivity contribution in [1.29, 1.82) is 0 Å². The van der Waals surface area contributed by atoms with Crippen LogP contribution in [0.25, 0.3) is 0 Å². The second-order valence-corrected chi connectivity index (χ2v) is 6.78. The van der Waals surface area contributed by atoms with Crippen molar-refractivity contribution >= 4 is 40.7 Å². The first kappa shape index (κ1) is 15.9. The molecule has 1 N–H and O–H groups in total. The van der Waals surface area contributed by atoms with Gasteiger partial charge in [-0.15, -0.1) is 11.6 Å². The maximum absolute atomic E-state index is 11.9. The van der Waals surface area contributed by atoms with Crippen LogP contribution >= 0.6 is 34.8 Å². The summed E-state index contributed by atoms with van der Waals surface area (Å²) in [6.07, 6.45) is 4.63. The molecule has 1 saturated carbocycles. The first-order valence-electron chi connectivity index (χ1n) is 6.89. The van der Waals surface area contributed by atoms with E-state index < -0.39 is 0 Å². The summed E-state index contributed by atoms with van der Waals surface area (Å²) in [5.41, 5.74) is 0.876. The maximum Gasteiger partial charge on any atom is 0.224 e. The SMILES string of the molecule is O=C(Cc1ccc(Cl)c(Cl)c1)NCC1CCC(Cl)CC1. The van der Waals surface area contributed by atoms with Crippen molar-refractivity contribution in [2.45, 2.75) is 37.5 Å². The van der Waals surface area contributed by atoms with Gasteiger partial charge in [0.2, 0.25) is 5.91 Å². The molecule has 1 amide bonds. The van der Waals surface area contributed by atoms with Crippen LogP contribution in [0.15, 0.2) is 18.2 Å². The average Bonchev–Trinajstić information content (AvgIpc) is 2.42. The lowest BCUT2D eigenvalue weighted by atomic mass is 9.89. The molecule has 1 aliphatic rings. The Labute approximate surface area is 134 Å². The Morgan fingerprint density at radius 3 is 2.50 bits per heavy atom. The van der Waals surface area contributed by atoms with Gasteiger partial charge in [0, 0.05) is 11.9 Å². The van der Waals surface area contributed by atoms with Crippen molar-refractivity contribution < 1.29 is 4.79 Å². The van der Waals surface area contributed by atoms with Crippen LogP contribution in [0.4, 0.5) is 0 Å². The minimum atomic E-state index is 0.0244. The van der Waals surface area contributed by atoms with Crippen molar-refractivity contribution in [3.05, 3.63) is 33.8 Å². The van der Waals surface area contributed by atoms with Crippen molar-refractivity contribution in [3.8, 4) is 0 Å². The van der Waals surface area contributed by atoms with Gasteiger partial charge in [0.05, 0.1) is 16.5 Å². The van der Waals surface area contributed by atoms with Crippen LogP contribution < -0.4 is 5.32 Å². The van der Waals surface area contributed by atoms with E-state index in [0.29, 0.717) is 27.8 Å². The maximum atomic E-state index is 11.9. The first-order chi connectivity index (χ1) is 9.54. The molecular weight excluding hydrogens is 317 g/mol. The second kappa shape index (κ2) is 7.53. The molecule has 2 nitrogen and oxygen atoms in total. The molecule has 0 aromatic heterocycles. The largest absolute Gasteiger partial charge is 0.356 e. The highest BCUT2D eigenvalue weighted by molar-refractivity contribution is 6.42. The molecule has 2 rings (SSSR count).